The minimum atomic E-state index is -0.997. The first kappa shape index (κ1) is 31.5. The van der Waals surface area contributed by atoms with Crippen molar-refractivity contribution in [1.29, 1.82) is 0 Å². The summed E-state index contributed by atoms with van der Waals surface area (Å²) in [4.78, 5) is 39.3. The van der Waals surface area contributed by atoms with Crippen LogP contribution in [-0.4, -0.2) is 41.1 Å². The molecule has 0 saturated heterocycles. The molecule has 2 aliphatic rings. The van der Waals surface area contributed by atoms with E-state index in [0.29, 0.717) is 17.6 Å². The number of ketones is 1. The maximum Gasteiger partial charge on any atom is 0.302 e. The Morgan fingerprint density at radius 1 is 1.13 bits per heavy atom. The molecule has 6 heteroatoms. The highest BCUT2D eigenvalue weighted by Crippen LogP contribution is 2.62. The van der Waals surface area contributed by atoms with Crippen LogP contribution < -0.4 is 0 Å². The summed E-state index contributed by atoms with van der Waals surface area (Å²) < 4.78 is 12.0. The van der Waals surface area contributed by atoms with E-state index in [9.17, 15) is 19.5 Å². The Morgan fingerprint density at radius 3 is 2.18 bits per heavy atom. The first-order valence-electron chi connectivity index (χ1n) is 13.3. The molecular weight excluding hydrogens is 480 g/mol. The van der Waals surface area contributed by atoms with Crippen molar-refractivity contribution in [3.8, 4) is 0 Å². The number of aliphatic hydroxyl groups excluding tert-OH is 1. The van der Waals surface area contributed by atoms with Crippen molar-refractivity contribution in [2.75, 3.05) is 0 Å². The maximum atomic E-state index is 14.4. The van der Waals surface area contributed by atoms with Gasteiger partial charge in [-0.15, -0.1) is 0 Å². The largest absolute Gasteiger partial charge is 0.462 e. The molecule has 0 heterocycles. The Hall–Kier alpha value is -2.73. The second-order valence-corrected chi connectivity index (χ2v) is 11.2. The number of rotatable bonds is 6. The van der Waals surface area contributed by atoms with Crippen molar-refractivity contribution in [1.82, 2.24) is 0 Å². The number of hydrogen-bond donors (Lipinski definition) is 1. The molecule has 3 rings (SSSR count). The number of allylic oxidation sites excluding steroid dienone is 1. The van der Waals surface area contributed by atoms with E-state index < -0.39 is 47.0 Å². The van der Waals surface area contributed by atoms with Gasteiger partial charge >= 0.3 is 11.9 Å². The van der Waals surface area contributed by atoms with E-state index in [2.05, 4.69) is 27.4 Å². The maximum absolute atomic E-state index is 14.4. The molecule has 2 aliphatic carbocycles. The summed E-state index contributed by atoms with van der Waals surface area (Å²) in [6.45, 7) is 17.2. The molecule has 7 atom stereocenters. The second kappa shape index (κ2) is 12.0. The van der Waals surface area contributed by atoms with Gasteiger partial charge in [-0.25, -0.2) is 0 Å². The number of fused-ring (bicyclic) bond motifs is 1. The lowest BCUT2D eigenvalue weighted by Crippen LogP contribution is -2.59. The number of Topliss-reactive ketones (excluding diaryl/α,β-unsaturated/α-hetero) is 1. The van der Waals surface area contributed by atoms with Crippen molar-refractivity contribution in [3.63, 3.8) is 0 Å². The van der Waals surface area contributed by atoms with Gasteiger partial charge in [-0.1, -0.05) is 83.7 Å². The van der Waals surface area contributed by atoms with Crippen LogP contribution in [0, 0.1) is 28.6 Å². The van der Waals surface area contributed by atoms with Gasteiger partial charge in [-0.2, -0.15) is 0 Å². The second-order valence-electron chi connectivity index (χ2n) is 11.2. The summed E-state index contributed by atoms with van der Waals surface area (Å²) in [5.41, 5.74) is 0.641. The first-order chi connectivity index (χ1) is 17.3. The number of carbonyl (C=O) groups excluding carboxylic acids is 3. The summed E-state index contributed by atoms with van der Waals surface area (Å²) in [6, 6.07) is 9.05. The lowest BCUT2D eigenvalue weighted by molar-refractivity contribution is -0.188. The molecule has 2 fully saturated rings. The van der Waals surface area contributed by atoms with E-state index in [1.807, 2.05) is 38.1 Å². The van der Waals surface area contributed by atoms with Crippen molar-refractivity contribution in [3.05, 3.63) is 59.7 Å². The molecule has 210 valence electrons. The molecule has 1 N–H and O–H groups in total. The highest BCUT2D eigenvalue weighted by molar-refractivity contribution is 6.00. The molecule has 0 bridgehead atoms. The molecule has 6 nitrogen and oxygen atoms in total. The Labute approximate surface area is 228 Å². The van der Waals surface area contributed by atoms with Crippen molar-refractivity contribution in [2.24, 2.45) is 28.6 Å². The average Bonchev–Trinajstić information content (AvgIpc) is 2.94. The minimum Gasteiger partial charge on any atom is -0.462 e. The highest BCUT2D eigenvalue weighted by atomic mass is 16.6. The van der Waals surface area contributed by atoms with Crippen molar-refractivity contribution >= 4 is 17.7 Å². The fourth-order valence-corrected chi connectivity index (χ4v) is 7.11. The summed E-state index contributed by atoms with van der Waals surface area (Å²) >= 11 is 0. The molecule has 5 unspecified atom stereocenters. The zero-order chi connectivity index (χ0) is 27.7. The van der Waals surface area contributed by atoms with Gasteiger partial charge in [-0.3, -0.25) is 14.4 Å². The molecular formula is C32H46O6. The van der Waals surface area contributed by atoms with E-state index in [1.54, 1.807) is 12.1 Å². The number of benzene rings is 1. The van der Waals surface area contributed by atoms with Gasteiger partial charge in [0, 0.05) is 31.2 Å². The average molecular weight is 527 g/mol. The fourth-order valence-electron chi connectivity index (χ4n) is 7.11. The molecule has 0 radical (unpaired) electrons. The number of ether oxygens (including phenoxy) is 2. The zero-order valence-electron chi connectivity index (χ0n) is 23.2. The number of aliphatic hydroxyl groups is 1. The van der Waals surface area contributed by atoms with E-state index in [0.717, 1.165) is 12.0 Å². The van der Waals surface area contributed by atoms with E-state index in [1.165, 1.54) is 13.8 Å². The van der Waals surface area contributed by atoms with Crippen LogP contribution in [0.3, 0.4) is 0 Å². The van der Waals surface area contributed by atoms with Gasteiger partial charge in [0.15, 0.2) is 5.78 Å². The van der Waals surface area contributed by atoms with E-state index in [-0.39, 0.29) is 31.5 Å². The normalized spacial score (nSPS) is 34.1. The van der Waals surface area contributed by atoms with Gasteiger partial charge in [0.05, 0.1) is 12.0 Å². The SMILES string of the molecule is C.C=C1C2CC(CC)(C(C)C)/C(=C/C)C(C(=O)c3ccccc3)[C@H](OC(C)=O)C2(C)C(OC(C)=O)C[C@@H]1O. The quantitative estimate of drug-likeness (QED) is 0.265. The Morgan fingerprint density at radius 2 is 1.71 bits per heavy atom. The molecule has 0 spiro atoms. The molecule has 0 aromatic heterocycles. The van der Waals surface area contributed by atoms with E-state index >= 15 is 0 Å². The zero-order valence-corrected chi connectivity index (χ0v) is 23.2. The van der Waals surface area contributed by atoms with Crippen LogP contribution in [0.4, 0.5) is 0 Å². The Bertz CT molecular complexity index is 1070. The van der Waals surface area contributed by atoms with Crippen LogP contribution in [0.25, 0.3) is 0 Å². The predicted molar refractivity (Wildman–Crippen MR) is 149 cm³/mol. The summed E-state index contributed by atoms with van der Waals surface area (Å²) in [6.07, 6.45) is 0.870. The molecule has 1 aromatic rings. The number of esters is 2. The third kappa shape index (κ3) is 5.25. The van der Waals surface area contributed by atoms with Crippen LogP contribution in [0.1, 0.15) is 85.5 Å². The topological polar surface area (TPSA) is 89.9 Å². The highest BCUT2D eigenvalue weighted by Gasteiger charge is 2.64. The molecule has 2 saturated carbocycles. The van der Waals surface area contributed by atoms with Gasteiger partial charge in [-0.05, 0) is 42.6 Å². The Kier molecular flexibility index (Phi) is 9.93. The molecule has 0 aliphatic heterocycles. The minimum absolute atomic E-state index is 0. The van der Waals surface area contributed by atoms with Gasteiger partial charge < -0.3 is 14.6 Å². The summed E-state index contributed by atoms with van der Waals surface area (Å²) in [7, 11) is 0. The molecule has 0 amide bonds. The molecule has 1 aromatic carbocycles. The van der Waals surface area contributed by atoms with Crippen LogP contribution in [0.5, 0.6) is 0 Å². The van der Waals surface area contributed by atoms with Crippen molar-refractivity contribution < 1.29 is 29.0 Å². The number of carbonyl (C=O) groups is 3. The first-order valence-corrected chi connectivity index (χ1v) is 13.3. The van der Waals surface area contributed by atoms with Crippen LogP contribution in [0.2, 0.25) is 0 Å². The van der Waals surface area contributed by atoms with Crippen molar-refractivity contribution in [2.45, 2.75) is 93.5 Å². The lowest BCUT2D eigenvalue weighted by Gasteiger charge is -2.52. The van der Waals surface area contributed by atoms with Crippen LogP contribution in [-0.2, 0) is 19.1 Å². The van der Waals surface area contributed by atoms with Gasteiger partial charge in [0.2, 0.25) is 0 Å². The van der Waals surface area contributed by atoms with Gasteiger partial charge in [0.1, 0.15) is 12.2 Å². The third-order valence-corrected chi connectivity index (χ3v) is 9.14. The third-order valence-electron chi connectivity index (χ3n) is 9.14. The van der Waals surface area contributed by atoms with Gasteiger partial charge in [0.25, 0.3) is 0 Å². The fraction of sp³-hybridized carbons (Fsp3) is 0.594. The summed E-state index contributed by atoms with van der Waals surface area (Å²) in [5, 5.41) is 11.1. The van der Waals surface area contributed by atoms with Crippen LogP contribution in [0.15, 0.2) is 54.1 Å². The Balaban J connectivity index is 0.00000507. The van der Waals surface area contributed by atoms with E-state index in [4.69, 9.17) is 9.47 Å². The van der Waals surface area contributed by atoms with Crippen LogP contribution >= 0.6 is 0 Å². The monoisotopic (exact) mass is 526 g/mol. The summed E-state index contributed by atoms with van der Waals surface area (Å²) in [5.74, 6) is -2.17. The molecule has 38 heavy (non-hydrogen) atoms. The lowest BCUT2D eigenvalue weighted by atomic mass is 9.56. The smallest absolute Gasteiger partial charge is 0.302 e. The predicted octanol–water partition coefficient (Wildman–Crippen LogP) is 6.33. The number of hydrogen-bond acceptors (Lipinski definition) is 6. The standard InChI is InChI=1S/C31H42O6.CH4/c1-9-23-27(28(35)22-14-12-11-13-15-22)29(37-21(7)33)30(8)24(17-31(23,10-2)18(3)4)19(5)25(34)16-26(30)36-20(6)32;/h9,11-15,18,24-27,29,34H,5,10,16-17H2,1-4,6-8H3;1H4/b23-9+;/t24?,25-,26?,27?,29-,30?,31?;/m0./s1.